The van der Waals surface area contributed by atoms with E-state index in [0.717, 1.165) is 0 Å². The predicted octanol–water partition coefficient (Wildman–Crippen LogP) is 3.26. The molecule has 0 aromatic carbocycles. The zero-order chi connectivity index (χ0) is 27.6. The Bertz CT molecular complexity index is 906. The fourth-order valence-electron chi connectivity index (χ4n) is 9.00. The molecule has 0 aliphatic heterocycles. The molecular weight excluding hydrogens is 476 g/mol. The van der Waals surface area contributed by atoms with Crippen LogP contribution in [0.15, 0.2) is 0 Å². The maximum Gasteiger partial charge on any atom is 0.306 e. The minimum Gasteiger partial charge on any atom is -0.462 e. The lowest BCUT2D eigenvalue weighted by molar-refractivity contribution is -0.342. The van der Waals surface area contributed by atoms with Crippen molar-refractivity contribution in [3.63, 3.8) is 0 Å². The Labute approximate surface area is 221 Å². The number of carbonyl (C=O) groups excluding carboxylic acids is 2. The van der Waals surface area contributed by atoms with E-state index in [0.29, 0.717) is 38.5 Å². The molecule has 0 bridgehead atoms. The van der Waals surface area contributed by atoms with Crippen molar-refractivity contribution in [2.24, 2.45) is 28.6 Å². The highest BCUT2D eigenvalue weighted by Crippen LogP contribution is 2.72. The summed E-state index contributed by atoms with van der Waals surface area (Å²) in [4.78, 5) is 25.3. The molecule has 0 heterocycles. The zero-order valence-corrected chi connectivity index (χ0v) is 23.5. The maximum atomic E-state index is 13.0. The number of aliphatic hydroxyl groups is 4. The van der Waals surface area contributed by atoms with Gasteiger partial charge in [0.05, 0.1) is 17.1 Å². The van der Waals surface area contributed by atoms with Gasteiger partial charge < -0.3 is 29.9 Å². The van der Waals surface area contributed by atoms with Crippen molar-refractivity contribution in [2.75, 3.05) is 0 Å². The van der Waals surface area contributed by atoms with Crippen LogP contribution in [0.2, 0.25) is 0 Å². The van der Waals surface area contributed by atoms with Crippen LogP contribution in [0.5, 0.6) is 0 Å². The Balaban J connectivity index is 1.82. The van der Waals surface area contributed by atoms with Gasteiger partial charge in [0.2, 0.25) is 0 Å². The Morgan fingerprint density at radius 3 is 2.24 bits per heavy atom. The van der Waals surface area contributed by atoms with E-state index in [1.165, 1.54) is 0 Å². The Hall–Kier alpha value is -1.22. The van der Waals surface area contributed by atoms with Crippen LogP contribution in [0.4, 0.5) is 0 Å². The number of fused-ring (bicyclic) bond motifs is 5. The van der Waals surface area contributed by atoms with Crippen LogP contribution in [0.25, 0.3) is 0 Å². The van der Waals surface area contributed by atoms with Crippen LogP contribution in [0, 0.1) is 28.6 Å². The van der Waals surface area contributed by atoms with Crippen molar-refractivity contribution in [3.05, 3.63) is 0 Å². The fourth-order valence-corrected chi connectivity index (χ4v) is 9.00. The summed E-state index contributed by atoms with van der Waals surface area (Å²) in [5.41, 5.74) is -6.82. The normalized spacial score (nSPS) is 48.0. The second-order valence-corrected chi connectivity index (χ2v) is 13.4. The number of carbonyl (C=O) groups is 2. The second kappa shape index (κ2) is 9.46. The standard InChI is InChI=1S/C29H48O8/c1-7-23(31)36-18(4)27(33)12-13-29(35)26(27,6)22(37-24(32)14-17(2)3)16-21-25(5)10-9-20(30)15-19(25)8-11-28(21,29)34/h17-22,30,33-35H,7-16H2,1-6H3. The number of rotatable bonds is 6. The van der Waals surface area contributed by atoms with E-state index in [-0.39, 0.29) is 55.0 Å². The summed E-state index contributed by atoms with van der Waals surface area (Å²) < 4.78 is 11.7. The van der Waals surface area contributed by atoms with Gasteiger partial charge in [-0.15, -0.1) is 0 Å². The van der Waals surface area contributed by atoms with Crippen LogP contribution in [-0.4, -0.2) is 67.5 Å². The minimum absolute atomic E-state index is 0.0722. The lowest BCUT2D eigenvalue weighted by Crippen LogP contribution is -2.79. The highest BCUT2D eigenvalue weighted by molar-refractivity contribution is 5.70. The summed E-state index contributed by atoms with van der Waals surface area (Å²) in [6, 6.07) is 0. The summed E-state index contributed by atoms with van der Waals surface area (Å²) in [5, 5.41) is 47.8. The molecule has 10 atom stereocenters. The molecule has 0 aromatic rings. The van der Waals surface area contributed by atoms with Gasteiger partial charge in [-0.05, 0) is 81.5 Å². The number of hydrogen-bond donors (Lipinski definition) is 4. The maximum absolute atomic E-state index is 13.0. The SMILES string of the molecule is CCC(=O)OC(C)C1(O)CCC2(O)C3(O)CCC4CC(O)CCC4(C)C3CC(OC(=O)CC(C)C)C12C. The summed E-state index contributed by atoms with van der Waals surface area (Å²) >= 11 is 0. The first-order valence-electron chi connectivity index (χ1n) is 14.3. The molecule has 10 unspecified atom stereocenters. The van der Waals surface area contributed by atoms with Crippen molar-refractivity contribution in [1.29, 1.82) is 0 Å². The molecule has 0 amide bonds. The largest absolute Gasteiger partial charge is 0.462 e. The van der Waals surface area contributed by atoms with E-state index in [2.05, 4.69) is 6.92 Å². The van der Waals surface area contributed by atoms with Crippen molar-refractivity contribution >= 4 is 11.9 Å². The lowest BCUT2D eigenvalue weighted by atomic mass is 9.40. The average Bonchev–Trinajstić information content (AvgIpc) is 3.05. The first kappa shape index (κ1) is 28.8. The van der Waals surface area contributed by atoms with E-state index in [9.17, 15) is 30.0 Å². The molecule has 4 saturated carbocycles. The summed E-state index contributed by atoms with van der Waals surface area (Å²) in [6.45, 7) is 11.0. The summed E-state index contributed by atoms with van der Waals surface area (Å²) in [5.74, 6) is -0.987. The smallest absolute Gasteiger partial charge is 0.306 e. The van der Waals surface area contributed by atoms with Crippen LogP contribution in [-0.2, 0) is 19.1 Å². The molecule has 0 spiro atoms. The predicted molar refractivity (Wildman–Crippen MR) is 136 cm³/mol. The Morgan fingerprint density at radius 1 is 0.946 bits per heavy atom. The van der Waals surface area contributed by atoms with Crippen LogP contribution >= 0.6 is 0 Å². The average molecular weight is 525 g/mol. The van der Waals surface area contributed by atoms with Gasteiger partial charge in [-0.1, -0.05) is 34.6 Å². The van der Waals surface area contributed by atoms with Gasteiger partial charge >= 0.3 is 11.9 Å². The minimum atomic E-state index is -1.77. The fraction of sp³-hybridized carbons (Fsp3) is 0.931. The molecule has 0 saturated heterocycles. The van der Waals surface area contributed by atoms with E-state index < -0.39 is 46.4 Å². The van der Waals surface area contributed by atoms with Gasteiger partial charge in [0.15, 0.2) is 0 Å². The van der Waals surface area contributed by atoms with Crippen LogP contribution in [0.3, 0.4) is 0 Å². The third-order valence-electron chi connectivity index (χ3n) is 11.3. The second-order valence-electron chi connectivity index (χ2n) is 13.4. The first-order valence-corrected chi connectivity index (χ1v) is 14.3. The molecule has 8 nitrogen and oxygen atoms in total. The molecular formula is C29H48O8. The molecule has 37 heavy (non-hydrogen) atoms. The zero-order valence-electron chi connectivity index (χ0n) is 23.5. The Kier molecular flexibility index (Phi) is 7.36. The van der Waals surface area contributed by atoms with Crippen molar-refractivity contribution < 1.29 is 39.5 Å². The number of aliphatic hydroxyl groups excluding tert-OH is 1. The molecule has 4 aliphatic carbocycles. The van der Waals surface area contributed by atoms with Crippen LogP contribution < -0.4 is 0 Å². The number of esters is 2. The van der Waals surface area contributed by atoms with Gasteiger partial charge in [0.1, 0.15) is 23.4 Å². The van der Waals surface area contributed by atoms with Crippen molar-refractivity contribution in [2.45, 2.75) is 141 Å². The van der Waals surface area contributed by atoms with Gasteiger partial charge in [0.25, 0.3) is 0 Å². The number of hydrogen-bond acceptors (Lipinski definition) is 8. The van der Waals surface area contributed by atoms with Crippen molar-refractivity contribution in [3.8, 4) is 0 Å². The van der Waals surface area contributed by atoms with Crippen molar-refractivity contribution in [1.82, 2.24) is 0 Å². The van der Waals surface area contributed by atoms with E-state index >= 15 is 0 Å². The van der Waals surface area contributed by atoms with Gasteiger partial charge in [0, 0.05) is 12.8 Å². The molecule has 4 rings (SSSR count). The third-order valence-corrected chi connectivity index (χ3v) is 11.3. The quantitative estimate of drug-likeness (QED) is 0.389. The van der Waals surface area contributed by atoms with Gasteiger partial charge in [-0.25, -0.2) is 0 Å². The summed E-state index contributed by atoms with van der Waals surface area (Å²) in [6.07, 6.45) is 1.60. The highest BCUT2D eigenvalue weighted by Gasteiger charge is 2.82. The number of ether oxygens (including phenoxy) is 2. The first-order chi connectivity index (χ1) is 17.1. The molecule has 4 fully saturated rings. The van der Waals surface area contributed by atoms with Gasteiger partial charge in [-0.3, -0.25) is 9.59 Å². The van der Waals surface area contributed by atoms with Crippen LogP contribution in [0.1, 0.15) is 106 Å². The molecule has 8 heteroatoms. The van der Waals surface area contributed by atoms with E-state index in [1.807, 2.05) is 13.8 Å². The summed E-state index contributed by atoms with van der Waals surface area (Å²) in [7, 11) is 0. The molecule has 0 radical (unpaired) electrons. The lowest BCUT2D eigenvalue weighted by Gasteiger charge is -2.69. The molecule has 212 valence electrons. The van der Waals surface area contributed by atoms with E-state index in [1.54, 1.807) is 20.8 Å². The third kappa shape index (κ3) is 3.99. The Morgan fingerprint density at radius 2 is 1.62 bits per heavy atom. The van der Waals surface area contributed by atoms with Gasteiger partial charge in [-0.2, -0.15) is 0 Å². The monoisotopic (exact) mass is 524 g/mol. The highest BCUT2D eigenvalue weighted by atomic mass is 16.6. The van der Waals surface area contributed by atoms with E-state index in [4.69, 9.17) is 9.47 Å². The molecule has 4 N–H and O–H groups in total. The molecule has 0 aromatic heterocycles. The molecule has 4 aliphatic rings. The topological polar surface area (TPSA) is 134 Å².